The average Bonchev–Trinajstić information content (AvgIpc) is 2.89. The Morgan fingerprint density at radius 1 is 1.00 bits per heavy atom. The minimum atomic E-state index is -0.731. The Labute approximate surface area is 243 Å². The predicted molar refractivity (Wildman–Crippen MR) is 158 cm³/mol. The van der Waals surface area contributed by atoms with E-state index in [1.807, 2.05) is 60.7 Å². The number of benzene rings is 3. The normalized spacial score (nSPS) is 17.1. The van der Waals surface area contributed by atoms with Crippen LogP contribution < -0.4 is 0 Å². The molecule has 1 atom stereocenters. The maximum atomic E-state index is 12.4. The van der Waals surface area contributed by atoms with Crippen molar-refractivity contribution in [1.29, 1.82) is 0 Å². The second-order valence-electron chi connectivity index (χ2n) is 8.81. The van der Waals surface area contributed by atoms with Crippen molar-refractivity contribution >= 4 is 65.9 Å². The van der Waals surface area contributed by atoms with E-state index in [9.17, 15) is 9.59 Å². The number of carbonyl (C=O) groups excluding carboxylic acids is 1. The third-order valence-electron chi connectivity index (χ3n) is 6.14. The molecule has 1 aliphatic rings. The van der Waals surface area contributed by atoms with E-state index < -0.39 is 11.4 Å². The molecule has 4 nitrogen and oxygen atoms in total. The molecule has 0 aliphatic carbocycles. The number of ether oxygens (including phenoxy) is 1. The number of cyclic esters (lactones) is 1. The number of rotatable bonds is 8. The first-order valence-corrected chi connectivity index (χ1v) is 15.0. The molecule has 0 bridgehead atoms. The topological polar surface area (TPSA) is 63.6 Å². The van der Waals surface area contributed by atoms with E-state index in [1.54, 1.807) is 0 Å². The molecule has 0 saturated carbocycles. The van der Waals surface area contributed by atoms with Crippen LogP contribution in [0.3, 0.4) is 0 Å². The van der Waals surface area contributed by atoms with E-state index in [4.69, 9.17) is 9.84 Å². The van der Waals surface area contributed by atoms with E-state index >= 15 is 0 Å². The number of hydrogen-bond acceptors (Lipinski definition) is 3. The van der Waals surface area contributed by atoms with Gasteiger partial charge in [-0.2, -0.15) is 0 Å². The van der Waals surface area contributed by atoms with E-state index in [-0.39, 0.29) is 12.4 Å². The summed E-state index contributed by atoms with van der Waals surface area (Å²) in [5.74, 6) is -0.823. The van der Waals surface area contributed by atoms with Gasteiger partial charge >= 0.3 is 153 Å². The quantitative estimate of drug-likeness (QED) is 0.149. The molecule has 0 spiro atoms. The second kappa shape index (κ2) is 14.7. The van der Waals surface area contributed by atoms with Crippen LogP contribution in [0.25, 0.3) is 17.2 Å². The Morgan fingerprint density at radius 2 is 1.68 bits per heavy atom. The molecule has 1 saturated heterocycles. The Balaban J connectivity index is 0.000000222. The van der Waals surface area contributed by atoms with E-state index in [2.05, 4.69) is 72.1 Å². The van der Waals surface area contributed by atoms with Crippen LogP contribution >= 0.6 is 31.9 Å². The second-order valence-corrected chi connectivity index (χ2v) is 11.3. The van der Waals surface area contributed by atoms with Crippen molar-refractivity contribution in [3.63, 3.8) is 0 Å². The number of esters is 1. The van der Waals surface area contributed by atoms with Gasteiger partial charge in [0, 0.05) is 10.9 Å². The fraction of sp³-hybridized carbons (Fsp3) is 0.267. The zero-order valence-corrected chi connectivity index (χ0v) is 25.5. The average molecular weight is 693 g/mol. The van der Waals surface area contributed by atoms with Crippen molar-refractivity contribution in [3.05, 3.63) is 98.9 Å². The summed E-state index contributed by atoms with van der Waals surface area (Å²) in [5.41, 5.74) is 3.92. The summed E-state index contributed by atoms with van der Waals surface area (Å²) in [6, 6.07) is 24.5. The summed E-state index contributed by atoms with van der Waals surface area (Å²) in [6.07, 6.45) is 7.52. The van der Waals surface area contributed by atoms with Gasteiger partial charge in [0.1, 0.15) is 0 Å². The van der Waals surface area contributed by atoms with E-state index in [1.165, 1.54) is 0 Å². The first kappa shape index (κ1) is 29.4. The number of aliphatic carboxylic acids is 1. The van der Waals surface area contributed by atoms with Crippen molar-refractivity contribution in [2.24, 2.45) is 0 Å². The van der Waals surface area contributed by atoms with Crippen LogP contribution in [0, 0.1) is 0 Å². The fourth-order valence-corrected chi connectivity index (χ4v) is 5.94. The molecule has 1 unspecified atom stereocenters. The Morgan fingerprint density at radius 3 is 2.32 bits per heavy atom. The van der Waals surface area contributed by atoms with Gasteiger partial charge in [0.05, 0.1) is 0 Å². The zero-order valence-electron chi connectivity index (χ0n) is 20.4. The van der Waals surface area contributed by atoms with Crippen LogP contribution in [0.1, 0.15) is 43.2 Å². The van der Waals surface area contributed by atoms with Crippen LogP contribution in [-0.2, 0) is 19.7 Å². The molecule has 1 aliphatic heterocycles. The molecule has 1 fully saturated rings. The third kappa shape index (κ3) is 8.68. The van der Waals surface area contributed by atoms with Crippen LogP contribution in [0.5, 0.6) is 0 Å². The van der Waals surface area contributed by atoms with Crippen molar-refractivity contribution in [3.8, 4) is 11.1 Å². The molecule has 3 aromatic rings. The van der Waals surface area contributed by atoms with Gasteiger partial charge in [-0.25, -0.2) is 0 Å². The van der Waals surface area contributed by atoms with Gasteiger partial charge in [-0.15, -0.1) is 0 Å². The fourth-order valence-electron chi connectivity index (χ4n) is 4.14. The summed E-state index contributed by atoms with van der Waals surface area (Å²) in [4.78, 5) is 22.7. The summed E-state index contributed by atoms with van der Waals surface area (Å²) in [6.45, 7) is 0.541. The predicted octanol–water partition coefficient (Wildman–Crippen LogP) is 7.73. The number of hydrogen-bond donors (Lipinski definition) is 1. The van der Waals surface area contributed by atoms with E-state index in [0.29, 0.717) is 18.3 Å². The van der Waals surface area contributed by atoms with Gasteiger partial charge in [0.15, 0.2) is 0 Å². The molecule has 1 N–H and O–H groups in total. The SMILES string of the molecule is O=C(O)CCCC=Cc1cccc(Br)c1.O=C1OCCCC1(C[SeH])c1cccc(-c2cccc(Br)c2)c1. The Kier molecular flexibility index (Phi) is 11.7. The standard InChI is InChI=1S/C18H17BrO2Se.C12H13BrO2/c19-16-7-2-5-14(11-16)13-4-1-6-15(10-13)18(12-22)8-3-9-21-17(18)20;13-11-7-4-6-10(9-11)5-2-1-3-8-12(14)15/h1-2,4-7,10-11,22H,3,8-9,12H2;2,4-7,9H,1,3,8H2,(H,14,15). The molecular formula is C30H30Br2O4Se. The summed E-state index contributed by atoms with van der Waals surface area (Å²) < 4.78 is 7.45. The molecule has 0 aromatic heterocycles. The minimum absolute atomic E-state index is 0.0919. The molecule has 3 aromatic carbocycles. The molecule has 1 heterocycles. The van der Waals surface area contributed by atoms with Gasteiger partial charge in [-0.3, -0.25) is 4.79 Å². The molecule has 7 heteroatoms. The van der Waals surface area contributed by atoms with Crippen LogP contribution in [0.4, 0.5) is 0 Å². The van der Waals surface area contributed by atoms with Crippen molar-refractivity contribution in [2.75, 3.05) is 6.61 Å². The number of carboxylic acid groups (broad SMARTS) is 1. The van der Waals surface area contributed by atoms with Crippen molar-refractivity contribution in [2.45, 2.75) is 42.8 Å². The van der Waals surface area contributed by atoms with Gasteiger partial charge in [-0.1, -0.05) is 40.2 Å². The maximum absolute atomic E-state index is 12.4. The Hall–Kier alpha value is -2.18. The first-order chi connectivity index (χ1) is 17.8. The van der Waals surface area contributed by atoms with Crippen molar-refractivity contribution < 1.29 is 19.4 Å². The molecule has 4 rings (SSSR count). The van der Waals surface area contributed by atoms with Gasteiger partial charge in [0.25, 0.3) is 0 Å². The van der Waals surface area contributed by atoms with Crippen LogP contribution in [0.2, 0.25) is 5.32 Å². The molecule has 0 amide bonds. The third-order valence-corrected chi connectivity index (χ3v) is 8.25. The molecule has 194 valence electrons. The molecular weight excluding hydrogens is 663 g/mol. The number of halogens is 2. The summed E-state index contributed by atoms with van der Waals surface area (Å²) in [7, 11) is 0. The zero-order chi connectivity index (χ0) is 26.7. The van der Waals surface area contributed by atoms with Gasteiger partial charge in [0.2, 0.25) is 0 Å². The van der Waals surface area contributed by atoms with E-state index in [0.717, 1.165) is 50.5 Å². The van der Waals surface area contributed by atoms with Gasteiger partial charge in [-0.05, 0) is 30.5 Å². The Bertz CT molecular complexity index is 1240. The summed E-state index contributed by atoms with van der Waals surface area (Å²) in [5, 5.41) is 9.15. The van der Waals surface area contributed by atoms with Crippen molar-refractivity contribution in [1.82, 2.24) is 0 Å². The number of carbonyl (C=O) groups is 2. The summed E-state index contributed by atoms with van der Waals surface area (Å²) >= 11 is 9.46. The molecule has 0 radical (unpaired) electrons. The van der Waals surface area contributed by atoms with Crippen LogP contribution in [-0.4, -0.2) is 39.7 Å². The first-order valence-electron chi connectivity index (χ1n) is 12.1. The van der Waals surface area contributed by atoms with Gasteiger partial charge < -0.3 is 5.11 Å². The molecule has 37 heavy (non-hydrogen) atoms. The number of carboxylic acids is 1. The monoisotopic (exact) mass is 692 g/mol. The number of unbranched alkanes of at least 4 members (excludes halogenated alkanes) is 1. The van der Waals surface area contributed by atoms with Crippen LogP contribution in [0.15, 0.2) is 87.8 Å². The number of allylic oxidation sites excluding steroid dienone is 1.